The monoisotopic (exact) mass is 470 g/mol. The average Bonchev–Trinajstić information content (AvgIpc) is 2.61. The van der Waals surface area contributed by atoms with Crippen LogP contribution in [0, 0.1) is 16.3 Å². The van der Waals surface area contributed by atoms with Crippen LogP contribution in [-0.4, -0.2) is 35.4 Å². The van der Waals surface area contributed by atoms with E-state index in [1.165, 1.54) is 29.2 Å². The van der Waals surface area contributed by atoms with Crippen molar-refractivity contribution in [2.45, 2.75) is 13.5 Å². The zero-order chi connectivity index (χ0) is 17.8. The van der Waals surface area contributed by atoms with Crippen LogP contribution in [0.3, 0.4) is 0 Å². The molecule has 0 spiro atoms. The second kappa shape index (κ2) is 8.51. The van der Waals surface area contributed by atoms with E-state index >= 15 is 0 Å². The smallest absolute Gasteiger partial charge is 0.256 e. The number of amides is 1. The highest BCUT2D eigenvalue weighted by atomic mass is 127. The highest BCUT2D eigenvalue weighted by molar-refractivity contribution is 14.1. The van der Waals surface area contributed by atoms with Crippen LogP contribution in [0.2, 0.25) is 0 Å². The zero-order valence-corrected chi connectivity index (χ0v) is 17.0. The van der Waals surface area contributed by atoms with E-state index in [4.69, 9.17) is 0 Å². The lowest BCUT2D eigenvalue weighted by Gasteiger charge is -2.27. The van der Waals surface area contributed by atoms with Crippen molar-refractivity contribution in [2.24, 2.45) is 0 Å². The Morgan fingerprint density at radius 2 is 2.04 bits per heavy atom. The third-order valence-electron chi connectivity index (χ3n) is 4.36. The molecule has 6 heteroatoms. The van der Waals surface area contributed by atoms with Gasteiger partial charge in [-0.1, -0.05) is 12.1 Å². The van der Waals surface area contributed by atoms with Gasteiger partial charge in [-0.15, -0.1) is 0 Å². The zero-order valence-electron chi connectivity index (χ0n) is 14.0. The first-order valence-electron chi connectivity index (χ1n) is 8.19. The summed E-state index contributed by atoms with van der Waals surface area (Å²) in [5.41, 5.74) is 3.44. The second-order valence-electron chi connectivity index (χ2n) is 6.06. The van der Waals surface area contributed by atoms with Gasteiger partial charge in [0.15, 0.2) is 0 Å². The largest absolute Gasteiger partial charge is 0.322 e. The third-order valence-corrected chi connectivity index (χ3v) is 6.25. The van der Waals surface area contributed by atoms with Crippen molar-refractivity contribution in [3.05, 3.63) is 62.5 Å². The van der Waals surface area contributed by atoms with Crippen molar-refractivity contribution >= 4 is 45.9 Å². The summed E-state index contributed by atoms with van der Waals surface area (Å²) in [6, 6.07) is 10.2. The van der Waals surface area contributed by atoms with Crippen molar-refractivity contribution in [1.29, 1.82) is 0 Å². The van der Waals surface area contributed by atoms with Crippen LogP contribution in [0.25, 0.3) is 0 Å². The van der Waals surface area contributed by atoms with Gasteiger partial charge >= 0.3 is 0 Å². The number of rotatable bonds is 4. The summed E-state index contributed by atoms with van der Waals surface area (Å²) in [4.78, 5) is 15.0. The number of hydrogen-bond donors (Lipinski definition) is 1. The molecular formula is C19H20FIN2OS. The molecule has 0 atom stereocenters. The van der Waals surface area contributed by atoms with Crippen molar-refractivity contribution in [3.8, 4) is 0 Å². The van der Waals surface area contributed by atoms with Crippen LogP contribution in [0.1, 0.15) is 21.5 Å². The van der Waals surface area contributed by atoms with Crippen molar-refractivity contribution in [1.82, 2.24) is 4.90 Å². The highest BCUT2D eigenvalue weighted by Gasteiger charge is 2.16. The molecule has 3 nitrogen and oxygen atoms in total. The normalized spacial score (nSPS) is 15.2. The van der Waals surface area contributed by atoms with E-state index in [2.05, 4.69) is 38.9 Å². The summed E-state index contributed by atoms with van der Waals surface area (Å²) in [7, 11) is 0. The van der Waals surface area contributed by atoms with E-state index in [0.717, 1.165) is 34.5 Å². The van der Waals surface area contributed by atoms with Gasteiger partial charge in [-0.3, -0.25) is 9.69 Å². The van der Waals surface area contributed by atoms with Crippen molar-refractivity contribution < 1.29 is 9.18 Å². The number of nitrogens with one attached hydrogen (secondary N) is 1. The lowest BCUT2D eigenvalue weighted by atomic mass is 10.1. The Labute approximate surface area is 165 Å². The molecule has 25 heavy (non-hydrogen) atoms. The molecule has 0 aromatic heterocycles. The number of thioether (sulfide) groups is 1. The molecule has 0 radical (unpaired) electrons. The number of nitrogens with zero attached hydrogens (tertiary/aromatic N) is 1. The fraction of sp³-hybridized carbons (Fsp3) is 0.316. The predicted molar refractivity (Wildman–Crippen MR) is 111 cm³/mol. The molecule has 1 heterocycles. The van der Waals surface area contributed by atoms with Crippen LogP contribution >= 0.6 is 34.4 Å². The van der Waals surface area contributed by atoms with Gasteiger partial charge in [0.25, 0.3) is 5.91 Å². The summed E-state index contributed by atoms with van der Waals surface area (Å²) in [5.74, 6) is 1.67. The minimum atomic E-state index is -0.404. The molecule has 1 aliphatic heterocycles. The number of benzene rings is 2. The van der Waals surface area contributed by atoms with E-state index in [1.54, 1.807) is 6.07 Å². The van der Waals surface area contributed by atoms with Crippen LogP contribution in [0.5, 0.6) is 0 Å². The molecule has 1 amide bonds. The topological polar surface area (TPSA) is 32.3 Å². The molecule has 1 saturated heterocycles. The number of carbonyl (C=O) groups excluding carboxylic acids is 1. The summed E-state index contributed by atoms with van der Waals surface area (Å²) in [6.45, 7) is 5.12. The van der Waals surface area contributed by atoms with Crippen molar-refractivity contribution in [3.63, 3.8) is 0 Å². The second-order valence-corrected chi connectivity index (χ2v) is 8.44. The van der Waals surface area contributed by atoms with Crippen molar-refractivity contribution in [2.75, 3.05) is 29.9 Å². The molecule has 3 rings (SSSR count). The van der Waals surface area contributed by atoms with Gasteiger partial charge in [-0.2, -0.15) is 11.8 Å². The molecule has 0 unspecified atom stereocenters. The first-order chi connectivity index (χ1) is 12.0. The molecular weight excluding hydrogens is 450 g/mol. The lowest BCUT2D eigenvalue weighted by molar-refractivity contribution is 0.102. The highest BCUT2D eigenvalue weighted by Crippen LogP contribution is 2.23. The maximum Gasteiger partial charge on any atom is 0.256 e. The summed E-state index contributed by atoms with van der Waals surface area (Å²) in [6.07, 6.45) is 0. The summed E-state index contributed by atoms with van der Waals surface area (Å²) in [5, 5.41) is 2.94. The Morgan fingerprint density at radius 1 is 1.28 bits per heavy atom. The molecule has 2 aromatic carbocycles. The average molecular weight is 470 g/mol. The van der Waals surface area contributed by atoms with E-state index in [9.17, 15) is 9.18 Å². The van der Waals surface area contributed by atoms with E-state index in [-0.39, 0.29) is 5.91 Å². The lowest BCUT2D eigenvalue weighted by Crippen LogP contribution is -2.32. The Bertz CT molecular complexity index is 778. The number of anilines is 1. The van der Waals surface area contributed by atoms with Crippen LogP contribution in [0.15, 0.2) is 36.4 Å². The van der Waals surface area contributed by atoms with Crippen LogP contribution in [0.4, 0.5) is 10.1 Å². The minimum Gasteiger partial charge on any atom is -0.322 e. The maximum absolute atomic E-state index is 13.5. The predicted octanol–water partition coefficient (Wildman–Crippen LogP) is 4.54. The van der Waals surface area contributed by atoms with Gasteiger partial charge in [0.1, 0.15) is 5.82 Å². The van der Waals surface area contributed by atoms with Gasteiger partial charge in [-0.05, 0) is 64.9 Å². The van der Waals surface area contributed by atoms with E-state index in [1.807, 2.05) is 30.8 Å². The van der Waals surface area contributed by atoms with Gasteiger partial charge in [0.2, 0.25) is 0 Å². The van der Waals surface area contributed by atoms with Gasteiger partial charge in [0.05, 0.1) is 5.56 Å². The minimum absolute atomic E-state index is 0.279. The molecule has 1 fully saturated rings. The van der Waals surface area contributed by atoms with E-state index < -0.39 is 5.82 Å². The Balaban J connectivity index is 1.77. The SMILES string of the molecule is Cc1c(CN2CCSCC2)cccc1NC(=O)c1cc(F)ccc1I. The summed E-state index contributed by atoms with van der Waals surface area (Å²) < 4.78 is 14.2. The first kappa shape index (κ1) is 18.7. The van der Waals surface area contributed by atoms with E-state index in [0.29, 0.717) is 5.56 Å². The third kappa shape index (κ3) is 4.74. The molecule has 0 aliphatic carbocycles. The van der Waals surface area contributed by atoms with Gasteiger partial charge in [-0.25, -0.2) is 4.39 Å². The maximum atomic E-state index is 13.5. The van der Waals surface area contributed by atoms with Crippen LogP contribution < -0.4 is 5.32 Å². The number of carbonyl (C=O) groups is 1. The van der Waals surface area contributed by atoms with Gasteiger partial charge in [0, 0.05) is 40.4 Å². The standard InChI is InChI=1S/C19H20FIN2OS/c1-13-14(12-23-7-9-25-10-8-23)3-2-4-18(13)22-19(24)16-11-15(20)5-6-17(16)21/h2-6,11H,7-10,12H2,1H3,(H,22,24). The number of halogens is 2. The first-order valence-corrected chi connectivity index (χ1v) is 10.4. The fourth-order valence-electron chi connectivity index (χ4n) is 2.85. The molecule has 2 aromatic rings. The fourth-order valence-corrected chi connectivity index (χ4v) is 4.41. The Morgan fingerprint density at radius 3 is 2.80 bits per heavy atom. The number of hydrogen-bond acceptors (Lipinski definition) is 3. The summed E-state index contributed by atoms with van der Waals surface area (Å²) >= 11 is 4.05. The molecule has 0 bridgehead atoms. The quantitative estimate of drug-likeness (QED) is 0.667. The molecule has 1 N–H and O–H groups in total. The molecule has 1 aliphatic rings. The molecule has 132 valence electrons. The Kier molecular flexibility index (Phi) is 6.35. The van der Waals surface area contributed by atoms with Crippen LogP contribution in [-0.2, 0) is 6.54 Å². The van der Waals surface area contributed by atoms with Gasteiger partial charge < -0.3 is 5.32 Å². The molecule has 0 saturated carbocycles. The Hall–Kier alpha value is -1.12.